The third kappa shape index (κ3) is 4.11. The van der Waals surface area contributed by atoms with E-state index in [1.165, 1.54) is 24.3 Å². The van der Waals surface area contributed by atoms with Gasteiger partial charge in [-0.05, 0) is 49.7 Å². The molecule has 0 atom stereocenters. The largest absolute Gasteiger partial charge is 0.462 e. The van der Waals surface area contributed by atoms with E-state index < -0.39 is 16.1 Å². The summed E-state index contributed by atoms with van der Waals surface area (Å²) in [6.07, 6.45) is 1.28. The number of carbonyl (C=O) groups excluding carboxylic acids is 2. The van der Waals surface area contributed by atoms with Gasteiger partial charge in [0.2, 0.25) is 5.91 Å². The average Bonchev–Trinajstić information content (AvgIpc) is 3.08. The summed E-state index contributed by atoms with van der Waals surface area (Å²) in [6, 6.07) is 11.9. The van der Waals surface area contributed by atoms with Gasteiger partial charge in [0, 0.05) is 18.7 Å². The highest BCUT2D eigenvalue weighted by molar-refractivity contribution is 7.87. The Hall–Kier alpha value is -2.87. The quantitative estimate of drug-likeness (QED) is 0.557. The van der Waals surface area contributed by atoms with E-state index in [-0.39, 0.29) is 28.7 Å². The third-order valence-electron chi connectivity index (χ3n) is 4.09. The van der Waals surface area contributed by atoms with Gasteiger partial charge < -0.3 is 13.8 Å². The Labute approximate surface area is 157 Å². The maximum atomic E-state index is 12.6. The van der Waals surface area contributed by atoms with Crippen molar-refractivity contribution in [3.05, 3.63) is 54.1 Å². The van der Waals surface area contributed by atoms with E-state index in [2.05, 4.69) is 0 Å². The molecule has 1 aliphatic heterocycles. The Morgan fingerprint density at radius 1 is 1.11 bits per heavy atom. The van der Waals surface area contributed by atoms with Crippen LogP contribution >= 0.6 is 0 Å². The molecule has 0 spiro atoms. The summed E-state index contributed by atoms with van der Waals surface area (Å²) in [5, 5.41) is 0. The van der Waals surface area contributed by atoms with Crippen molar-refractivity contribution in [2.75, 3.05) is 18.1 Å². The summed E-state index contributed by atoms with van der Waals surface area (Å²) in [7, 11) is -4.15. The first-order valence-electron chi connectivity index (χ1n) is 8.53. The van der Waals surface area contributed by atoms with Gasteiger partial charge in [-0.15, -0.1) is 0 Å². The normalized spacial score (nSPS) is 14.3. The van der Waals surface area contributed by atoms with Gasteiger partial charge in [-0.1, -0.05) is 12.1 Å². The van der Waals surface area contributed by atoms with Crippen molar-refractivity contribution in [2.45, 2.75) is 24.7 Å². The van der Waals surface area contributed by atoms with Crippen LogP contribution in [0, 0.1) is 0 Å². The number of esters is 1. The van der Waals surface area contributed by atoms with Crippen LogP contribution in [0.25, 0.3) is 0 Å². The number of ether oxygens (including phenoxy) is 1. The van der Waals surface area contributed by atoms with E-state index >= 15 is 0 Å². The number of rotatable bonds is 6. The summed E-state index contributed by atoms with van der Waals surface area (Å²) in [5.74, 6) is -0.744. The molecule has 142 valence electrons. The van der Waals surface area contributed by atoms with Crippen LogP contribution in [0.3, 0.4) is 0 Å². The van der Waals surface area contributed by atoms with Crippen LogP contribution in [0.15, 0.2) is 53.4 Å². The molecule has 7 nitrogen and oxygen atoms in total. The fourth-order valence-corrected chi connectivity index (χ4v) is 3.74. The van der Waals surface area contributed by atoms with Crippen molar-refractivity contribution < 1.29 is 26.9 Å². The topological polar surface area (TPSA) is 90.0 Å². The third-order valence-corrected chi connectivity index (χ3v) is 5.34. The van der Waals surface area contributed by atoms with Gasteiger partial charge in [0.25, 0.3) is 0 Å². The second-order valence-corrected chi connectivity index (χ2v) is 7.44. The van der Waals surface area contributed by atoms with E-state index in [0.29, 0.717) is 18.7 Å². The highest BCUT2D eigenvalue weighted by atomic mass is 32.2. The molecule has 1 heterocycles. The molecule has 1 fully saturated rings. The standard InChI is InChI=1S/C19H19NO6S/c1-2-25-19(22)16-6-3-4-7-17(16)26-27(23,24)15-11-9-14(10-12-15)20-13-5-8-18(20)21/h3-4,6-7,9-12H,2,5,8,13H2,1H3. The van der Waals surface area contributed by atoms with Gasteiger partial charge in [0.15, 0.2) is 5.75 Å². The fraction of sp³-hybridized carbons (Fsp3) is 0.263. The molecule has 0 aliphatic carbocycles. The van der Waals surface area contributed by atoms with E-state index in [1.807, 2.05) is 0 Å². The molecule has 0 unspecified atom stereocenters. The number of para-hydroxylation sites is 1. The van der Waals surface area contributed by atoms with Gasteiger partial charge in [-0.2, -0.15) is 8.42 Å². The summed E-state index contributed by atoms with van der Waals surface area (Å²) < 4.78 is 35.2. The van der Waals surface area contributed by atoms with E-state index in [1.54, 1.807) is 36.1 Å². The molecule has 8 heteroatoms. The summed E-state index contributed by atoms with van der Waals surface area (Å²) >= 11 is 0. The lowest BCUT2D eigenvalue weighted by Crippen LogP contribution is -2.23. The smallest absolute Gasteiger partial charge is 0.341 e. The number of hydrogen-bond acceptors (Lipinski definition) is 6. The minimum absolute atomic E-state index is 0.0187. The molecule has 0 N–H and O–H groups in total. The van der Waals surface area contributed by atoms with Crippen LogP contribution in [0.4, 0.5) is 5.69 Å². The molecule has 1 aliphatic rings. The zero-order valence-electron chi connectivity index (χ0n) is 14.8. The highest BCUT2D eigenvalue weighted by Crippen LogP contribution is 2.26. The van der Waals surface area contributed by atoms with Crippen molar-refractivity contribution in [1.29, 1.82) is 0 Å². The Bertz CT molecular complexity index is 952. The first kappa shape index (κ1) is 18.9. The van der Waals surface area contributed by atoms with E-state index in [0.717, 1.165) is 6.42 Å². The Balaban J connectivity index is 1.83. The minimum Gasteiger partial charge on any atom is -0.462 e. The number of amides is 1. The number of benzene rings is 2. The van der Waals surface area contributed by atoms with E-state index in [4.69, 9.17) is 8.92 Å². The number of nitrogens with zero attached hydrogens (tertiary/aromatic N) is 1. The summed E-state index contributed by atoms with van der Waals surface area (Å²) in [6.45, 7) is 2.44. The van der Waals surface area contributed by atoms with Gasteiger partial charge in [0.1, 0.15) is 10.5 Å². The maximum Gasteiger partial charge on any atom is 0.341 e. The summed E-state index contributed by atoms with van der Waals surface area (Å²) in [4.78, 5) is 25.3. The lowest BCUT2D eigenvalue weighted by Gasteiger charge is -2.16. The zero-order valence-corrected chi connectivity index (χ0v) is 15.6. The van der Waals surface area contributed by atoms with E-state index in [9.17, 15) is 18.0 Å². The molecule has 0 saturated carbocycles. The molecule has 2 aromatic carbocycles. The molecule has 1 saturated heterocycles. The molecule has 0 aromatic heterocycles. The van der Waals surface area contributed by atoms with Gasteiger partial charge in [0.05, 0.1) is 6.61 Å². The fourth-order valence-electron chi connectivity index (χ4n) is 2.80. The van der Waals surface area contributed by atoms with Crippen molar-refractivity contribution >= 4 is 27.7 Å². The van der Waals surface area contributed by atoms with Crippen LogP contribution in [0.2, 0.25) is 0 Å². The Kier molecular flexibility index (Phi) is 5.46. The predicted molar refractivity (Wildman–Crippen MR) is 98.2 cm³/mol. The maximum absolute atomic E-state index is 12.6. The zero-order chi connectivity index (χ0) is 19.4. The number of hydrogen-bond donors (Lipinski definition) is 0. The minimum atomic E-state index is -4.15. The number of carbonyl (C=O) groups is 2. The van der Waals surface area contributed by atoms with Gasteiger partial charge >= 0.3 is 16.1 Å². The van der Waals surface area contributed by atoms with Crippen LogP contribution in [-0.4, -0.2) is 33.4 Å². The van der Waals surface area contributed by atoms with Gasteiger partial charge in [-0.3, -0.25) is 4.79 Å². The van der Waals surface area contributed by atoms with Gasteiger partial charge in [-0.25, -0.2) is 4.79 Å². The second-order valence-electron chi connectivity index (χ2n) is 5.90. The van der Waals surface area contributed by atoms with Crippen molar-refractivity contribution in [3.63, 3.8) is 0 Å². The lowest BCUT2D eigenvalue weighted by molar-refractivity contribution is -0.117. The first-order valence-corrected chi connectivity index (χ1v) is 9.94. The van der Waals surface area contributed by atoms with Crippen LogP contribution in [-0.2, 0) is 19.6 Å². The van der Waals surface area contributed by atoms with Crippen molar-refractivity contribution in [2.24, 2.45) is 0 Å². The van der Waals surface area contributed by atoms with Crippen molar-refractivity contribution in [1.82, 2.24) is 0 Å². The van der Waals surface area contributed by atoms with Crippen LogP contribution in [0.1, 0.15) is 30.1 Å². The molecule has 2 aromatic rings. The SMILES string of the molecule is CCOC(=O)c1ccccc1OS(=O)(=O)c1ccc(N2CCCC2=O)cc1. The van der Waals surface area contributed by atoms with Crippen molar-refractivity contribution in [3.8, 4) is 5.75 Å². The molecule has 0 radical (unpaired) electrons. The predicted octanol–water partition coefficient (Wildman–Crippen LogP) is 2.76. The van der Waals surface area contributed by atoms with Crippen LogP contribution in [0.5, 0.6) is 5.75 Å². The van der Waals surface area contributed by atoms with Crippen LogP contribution < -0.4 is 9.08 Å². The molecule has 27 heavy (non-hydrogen) atoms. The molecule has 3 rings (SSSR count). The molecular formula is C19H19NO6S. The molecule has 1 amide bonds. The summed E-state index contributed by atoms with van der Waals surface area (Å²) in [5.41, 5.74) is 0.672. The highest BCUT2D eigenvalue weighted by Gasteiger charge is 2.24. The Morgan fingerprint density at radius 2 is 1.81 bits per heavy atom. The second kappa shape index (κ2) is 7.79. The monoisotopic (exact) mass is 389 g/mol. The Morgan fingerprint density at radius 3 is 2.44 bits per heavy atom. The lowest BCUT2D eigenvalue weighted by atomic mass is 10.2. The first-order chi connectivity index (χ1) is 12.9. The number of anilines is 1. The average molecular weight is 389 g/mol. The molecule has 0 bridgehead atoms. The molecular weight excluding hydrogens is 370 g/mol.